The van der Waals surface area contributed by atoms with Gasteiger partial charge in [0.05, 0.1) is 19.8 Å². The Bertz CT molecular complexity index is 429. The van der Waals surface area contributed by atoms with Crippen LogP contribution < -0.4 is 0 Å². The van der Waals surface area contributed by atoms with Crippen LogP contribution in [0.1, 0.15) is 10.4 Å². The van der Waals surface area contributed by atoms with Crippen LogP contribution in [0, 0.1) is 6.57 Å². The molecule has 0 aliphatic rings. The second kappa shape index (κ2) is 8.25. The van der Waals surface area contributed by atoms with E-state index in [1.165, 1.54) is 0 Å². The maximum Gasteiger partial charge on any atom is 0.253 e. The molecule has 0 aromatic heterocycles. The van der Waals surface area contributed by atoms with E-state index in [0.717, 1.165) is 0 Å². The van der Waals surface area contributed by atoms with Crippen molar-refractivity contribution in [3.05, 3.63) is 41.2 Å². The highest BCUT2D eigenvalue weighted by Gasteiger charge is 2.15. The van der Waals surface area contributed by atoms with Crippen LogP contribution in [0.3, 0.4) is 0 Å². The van der Waals surface area contributed by atoms with E-state index in [9.17, 15) is 4.79 Å². The van der Waals surface area contributed by atoms with Crippen molar-refractivity contribution < 1.29 is 14.3 Å². The Morgan fingerprint density at radius 1 is 1.16 bits per heavy atom. The zero-order valence-corrected chi connectivity index (χ0v) is 11.3. The topological polar surface area (TPSA) is 43.1 Å². The summed E-state index contributed by atoms with van der Waals surface area (Å²) in [5.74, 6) is -0.0781. The van der Waals surface area contributed by atoms with Gasteiger partial charge in [-0.2, -0.15) is 0 Å². The van der Waals surface area contributed by atoms with Crippen LogP contribution in [0.25, 0.3) is 4.85 Å². The molecule has 0 saturated carbocycles. The zero-order chi connectivity index (χ0) is 14.1. The first-order chi connectivity index (χ1) is 9.22. The zero-order valence-electron chi connectivity index (χ0n) is 11.3. The lowest BCUT2D eigenvalue weighted by atomic mass is 10.2. The molecule has 0 spiro atoms. The normalized spacial score (nSPS) is 9.95. The van der Waals surface area contributed by atoms with Gasteiger partial charge in [0, 0.05) is 32.9 Å². The van der Waals surface area contributed by atoms with Gasteiger partial charge in [-0.25, -0.2) is 4.85 Å². The Kier molecular flexibility index (Phi) is 6.58. The summed E-state index contributed by atoms with van der Waals surface area (Å²) in [6.45, 7) is 8.88. The average Bonchev–Trinajstić information content (AvgIpc) is 2.47. The minimum Gasteiger partial charge on any atom is -0.383 e. The van der Waals surface area contributed by atoms with E-state index in [4.69, 9.17) is 16.0 Å². The maximum atomic E-state index is 12.3. The fourth-order valence-electron chi connectivity index (χ4n) is 1.58. The van der Waals surface area contributed by atoms with Gasteiger partial charge in [-0.1, -0.05) is 24.3 Å². The van der Waals surface area contributed by atoms with Crippen molar-refractivity contribution in [2.24, 2.45) is 0 Å². The number of benzene rings is 1. The molecular formula is C14H18N2O3. The third kappa shape index (κ3) is 4.70. The Labute approximate surface area is 113 Å². The predicted molar refractivity (Wildman–Crippen MR) is 72.4 cm³/mol. The maximum absolute atomic E-state index is 12.3. The molecular weight excluding hydrogens is 244 g/mol. The van der Waals surface area contributed by atoms with Crippen LogP contribution in [0.2, 0.25) is 0 Å². The molecule has 1 aromatic rings. The highest BCUT2D eigenvalue weighted by molar-refractivity contribution is 5.94. The molecule has 5 heteroatoms. The van der Waals surface area contributed by atoms with Crippen LogP contribution >= 0.6 is 0 Å². The van der Waals surface area contributed by atoms with Gasteiger partial charge in [0.25, 0.3) is 5.91 Å². The quantitative estimate of drug-likeness (QED) is 0.706. The number of ether oxygens (including phenoxy) is 2. The average molecular weight is 262 g/mol. The van der Waals surface area contributed by atoms with Crippen LogP contribution in [0.5, 0.6) is 0 Å². The smallest absolute Gasteiger partial charge is 0.253 e. The van der Waals surface area contributed by atoms with Crippen molar-refractivity contribution in [1.29, 1.82) is 0 Å². The molecule has 0 N–H and O–H groups in total. The van der Waals surface area contributed by atoms with Crippen molar-refractivity contribution >= 4 is 11.6 Å². The Hall–Kier alpha value is -1.90. The lowest BCUT2D eigenvalue weighted by molar-refractivity contribution is 0.0627. The molecule has 0 unspecified atom stereocenters. The van der Waals surface area contributed by atoms with Crippen LogP contribution in [-0.4, -0.2) is 51.3 Å². The lowest BCUT2D eigenvalue weighted by Gasteiger charge is -2.22. The van der Waals surface area contributed by atoms with Crippen molar-refractivity contribution in [2.75, 3.05) is 40.5 Å². The first-order valence-corrected chi connectivity index (χ1v) is 5.97. The number of rotatable bonds is 7. The van der Waals surface area contributed by atoms with Gasteiger partial charge < -0.3 is 14.4 Å². The second-order valence-electron chi connectivity index (χ2n) is 3.94. The monoisotopic (exact) mass is 262 g/mol. The number of methoxy groups -OCH3 is 2. The summed E-state index contributed by atoms with van der Waals surface area (Å²) >= 11 is 0. The van der Waals surface area contributed by atoms with Gasteiger partial charge in [0.15, 0.2) is 5.69 Å². The lowest BCUT2D eigenvalue weighted by Crippen LogP contribution is -2.36. The Morgan fingerprint density at radius 2 is 1.68 bits per heavy atom. The molecule has 0 saturated heterocycles. The summed E-state index contributed by atoms with van der Waals surface area (Å²) in [6, 6.07) is 6.63. The Morgan fingerprint density at radius 3 is 2.11 bits per heavy atom. The molecule has 1 rings (SSSR count). The summed E-state index contributed by atoms with van der Waals surface area (Å²) in [5, 5.41) is 0. The SMILES string of the molecule is [C-]#[N+]c1ccc(C(=O)N(CCOC)CCOC)cc1. The summed E-state index contributed by atoms with van der Waals surface area (Å²) in [4.78, 5) is 17.3. The fraction of sp³-hybridized carbons (Fsp3) is 0.429. The second-order valence-corrected chi connectivity index (χ2v) is 3.94. The van der Waals surface area contributed by atoms with Crippen molar-refractivity contribution in [3.8, 4) is 0 Å². The Balaban J connectivity index is 2.75. The molecule has 1 aromatic carbocycles. The summed E-state index contributed by atoms with van der Waals surface area (Å²) < 4.78 is 10.0. The minimum absolute atomic E-state index is 0.0781. The highest BCUT2D eigenvalue weighted by atomic mass is 16.5. The number of carbonyl (C=O) groups is 1. The van der Waals surface area contributed by atoms with E-state index in [0.29, 0.717) is 37.6 Å². The van der Waals surface area contributed by atoms with E-state index < -0.39 is 0 Å². The molecule has 0 aliphatic carbocycles. The largest absolute Gasteiger partial charge is 0.383 e. The summed E-state index contributed by atoms with van der Waals surface area (Å²) in [7, 11) is 3.20. The van der Waals surface area contributed by atoms with Crippen LogP contribution in [0.15, 0.2) is 24.3 Å². The number of carbonyl (C=O) groups excluding carboxylic acids is 1. The van der Waals surface area contributed by atoms with E-state index in [-0.39, 0.29) is 5.91 Å². The molecule has 0 aliphatic heterocycles. The van der Waals surface area contributed by atoms with Gasteiger partial charge in [-0.05, 0) is 0 Å². The molecule has 0 atom stereocenters. The number of nitrogens with zero attached hydrogens (tertiary/aromatic N) is 2. The van der Waals surface area contributed by atoms with Gasteiger partial charge in [-0.15, -0.1) is 0 Å². The molecule has 0 radical (unpaired) electrons. The van der Waals surface area contributed by atoms with Crippen LogP contribution in [0.4, 0.5) is 5.69 Å². The number of amides is 1. The summed E-state index contributed by atoms with van der Waals surface area (Å²) in [6.07, 6.45) is 0. The standard InChI is InChI=1S/C14H18N2O3/c1-15-13-6-4-12(5-7-13)14(17)16(8-10-18-2)9-11-19-3/h4-7H,8-11H2,2-3H3. The van der Waals surface area contributed by atoms with E-state index in [1.807, 2.05) is 0 Å². The van der Waals surface area contributed by atoms with Crippen molar-refractivity contribution in [2.45, 2.75) is 0 Å². The van der Waals surface area contributed by atoms with Crippen molar-refractivity contribution in [3.63, 3.8) is 0 Å². The third-order valence-electron chi connectivity index (χ3n) is 2.66. The van der Waals surface area contributed by atoms with E-state index in [2.05, 4.69) is 4.85 Å². The molecule has 1 amide bonds. The number of hydrogen-bond acceptors (Lipinski definition) is 3. The van der Waals surface area contributed by atoms with Gasteiger partial charge in [-0.3, -0.25) is 4.79 Å². The van der Waals surface area contributed by atoms with Crippen molar-refractivity contribution in [1.82, 2.24) is 4.90 Å². The van der Waals surface area contributed by atoms with E-state index in [1.54, 1.807) is 43.4 Å². The van der Waals surface area contributed by atoms with Gasteiger partial charge >= 0.3 is 0 Å². The van der Waals surface area contributed by atoms with E-state index >= 15 is 0 Å². The summed E-state index contributed by atoms with van der Waals surface area (Å²) in [5.41, 5.74) is 1.09. The van der Waals surface area contributed by atoms with Gasteiger partial charge in [0.2, 0.25) is 0 Å². The predicted octanol–water partition coefficient (Wildman–Crippen LogP) is 1.97. The number of hydrogen-bond donors (Lipinski definition) is 0. The third-order valence-corrected chi connectivity index (χ3v) is 2.66. The minimum atomic E-state index is -0.0781. The molecule has 102 valence electrons. The molecule has 0 fully saturated rings. The van der Waals surface area contributed by atoms with Crippen LogP contribution in [-0.2, 0) is 9.47 Å². The molecule has 5 nitrogen and oxygen atoms in total. The first kappa shape index (κ1) is 15.2. The molecule has 19 heavy (non-hydrogen) atoms. The first-order valence-electron chi connectivity index (χ1n) is 5.97. The van der Waals surface area contributed by atoms with Gasteiger partial charge in [0.1, 0.15) is 0 Å². The fourth-order valence-corrected chi connectivity index (χ4v) is 1.58. The molecule has 0 bridgehead atoms. The molecule has 0 heterocycles. The highest BCUT2D eigenvalue weighted by Crippen LogP contribution is 2.14.